The SMILES string of the molecule is N#C/C(=C/C=O)c1ccc(Cl)cc1. The topological polar surface area (TPSA) is 40.9 Å². The first-order valence-corrected chi connectivity index (χ1v) is 3.97. The molecule has 3 heteroatoms. The number of hydrogen-bond acceptors (Lipinski definition) is 2. The van der Waals surface area contributed by atoms with Crippen LogP contribution in [0.2, 0.25) is 5.02 Å². The fraction of sp³-hybridized carbons (Fsp3) is 0. The van der Waals surface area contributed by atoms with Crippen molar-refractivity contribution in [3.63, 3.8) is 0 Å². The summed E-state index contributed by atoms with van der Waals surface area (Å²) in [6.45, 7) is 0. The summed E-state index contributed by atoms with van der Waals surface area (Å²) < 4.78 is 0. The minimum atomic E-state index is 0.340. The third-order valence-corrected chi connectivity index (χ3v) is 1.76. The molecule has 1 aromatic rings. The first-order chi connectivity index (χ1) is 6.27. The predicted molar refractivity (Wildman–Crippen MR) is 51.1 cm³/mol. The molecule has 2 nitrogen and oxygen atoms in total. The van der Waals surface area contributed by atoms with Crippen LogP contribution in [0.25, 0.3) is 5.57 Å². The van der Waals surface area contributed by atoms with Gasteiger partial charge in [-0.15, -0.1) is 0 Å². The average molecular weight is 192 g/mol. The zero-order chi connectivity index (χ0) is 9.68. The minimum absolute atomic E-state index is 0.340. The molecule has 0 aliphatic rings. The molecule has 0 heterocycles. The molecule has 0 amide bonds. The number of carbonyl (C=O) groups is 1. The van der Waals surface area contributed by atoms with Crippen molar-refractivity contribution in [1.82, 2.24) is 0 Å². The largest absolute Gasteiger partial charge is 0.299 e. The second-order valence-corrected chi connectivity index (χ2v) is 2.77. The molecule has 1 aromatic carbocycles. The molecule has 0 bridgehead atoms. The van der Waals surface area contributed by atoms with Crippen molar-refractivity contribution in [3.8, 4) is 6.07 Å². The number of aldehydes is 1. The van der Waals surface area contributed by atoms with Crippen LogP contribution in [0.4, 0.5) is 0 Å². The van der Waals surface area contributed by atoms with Crippen molar-refractivity contribution < 1.29 is 4.79 Å². The number of nitriles is 1. The molecule has 0 aliphatic heterocycles. The highest BCUT2D eigenvalue weighted by Gasteiger charge is 1.98. The fourth-order valence-electron chi connectivity index (χ4n) is 0.896. The van der Waals surface area contributed by atoms with Crippen molar-refractivity contribution in [2.45, 2.75) is 0 Å². The lowest BCUT2D eigenvalue weighted by molar-refractivity contribution is -0.104. The molecule has 1 rings (SSSR count). The Hall–Kier alpha value is -1.59. The van der Waals surface area contributed by atoms with Gasteiger partial charge in [0.15, 0.2) is 0 Å². The Labute approximate surface area is 81.1 Å². The molecule has 64 valence electrons. The monoisotopic (exact) mass is 191 g/mol. The average Bonchev–Trinajstić information content (AvgIpc) is 2.16. The fourth-order valence-corrected chi connectivity index (χ4v) is 1.02. The Kier molecular flexibility index (Phi) is 3.24. The molecule has 0 unspecified atom stereocenters. The summed E-state index contributed by atoms with van der Waals surface area (Å²) in [6.07, 6.45) is 1.82. The van der Waals surface area contributed by atoms with E-state index in [-0.39, 0.29) is 0 Å². The number of halogens is 1. The van der Waals surface area contributed by atoms with Crippen LogP contribution in [0.3, 0.4) is 0 Å². The van der Waals surface area contributed by atoms with Crippen LogP contribution < -0.4 is 0 Å². The molecule has 0 N–H and O–H groups in total. The van der Waals surface area contributed by atoms with Crippen molar-refractivity contribution in [3.05, 3.63) is 40.9 Å². The quantitative estimate of drug-likeness (QED) is 0.409. The molecule has 0 atom stereocenters. The Morgan fingerprint density at radius 2 is 2.00 bits per heavy atom. The minimum Gasteiger partial charge on any atom is -0.299 e. The Morgan fingerprint density at radius 1 is 1.38 bits per heavy atom. The zero-order valence-electron chi connectivity index (χ0n) is 6.70. The van der Waals surface area contributed by atoms with Crippen LogP contribution in [0, 0.1) is 11.3 Å². The van der Waals surface area contributed by atoms with Crippen molar-refractivity contribution in [1.29, 1.82) is 5.26 Å². The summed E-state index contributed by atoms with van der Waals surface area (Å²) in [5.74, 6) is 0. The molecule has 0 aromatic heterocycles. The molecule has 0 fully saturated rings. The lowest BCUT2D eigenvalue weighted by atomic mass is 10.1. The van der Waals surface area contributed by atoms with Gasteiger partial charge in [0.2, 0.25) is 0 Å². The van der Waals surface area contributed by atoms with Crippen molar-refractivity contribution in [2.75, 3.05) is 0 Å². The number of nitrogens with zero attached hydrogens (tertiary/aromatic N) is 1. The Bertz CT molecular complexity index is 373. The van der Waals surface area contributed by atoms with Gasteiger partial charge in [0.1, 0.15) is 6.29 Å². The molecule has 0 saturated carbocycles. The predicted octanol–water partition coefficient (Wildman–Crippen LogP) is 2.45. The highest BCUT2D eigenvalue weighted by Crippen LogP contribution is 2.16. The summed E-state index contributed by atoms with van der Waals surface area (Å²) in [5.41, 5.74) is 1.03. The van der Waals surface area contributed by atoms with Crippen LogP contribution in [0.15, 0.2) is 30.3 Å². The standard InChI is InChI=1S/C10H6ClNO/c11-10-3-1-8(2-4-10)9(7-12)5-6-13/h1-6H/b9-5-. The van der Waals surface area contributed by atoms with E-state index in [2.05, 4.69) is 0 Å². The zero-order valence-corrected chi connectivity index (χ0v) is 7.45. The smallest absolute Gasteiger partial charge is 0.144 e. The van der Waals surface area contributed by atoms with Gasteiger partial charge in [0.05, 0.1) is 11.6 Å². The number of carbonyl (C=O) groups excluding carboxylic acids is 1. The highest BCUT2D eigenvalue weighted by atomic mass is 35.5. The second kappa shape index (κ2) is 4.44. The number of benzene rings is 1. The summed E-state index contributed by atoms with van der Waals surface area (Å²) >= 11 is 5.66. The van der Waals surface area contributed by atoms with Crippen LogP contribution in [-0.2, 0) is 4.79 Å². The third-order valence-electron chi connectivity index (χ3n) is 1.51. The number of rotatable bonds is 2. The van der Waals surface area contributed by atoms with E-state index in [0.29, 0.717) is 22.4 Å². The van der Waals surface area contributed by atoms with E-state index in [4.69, 9.17) is 16.9 Å². The highest BCUT2D eigenvalue weighted by molar-refractivity contribution is 6.30. The maximum atomic E-state index is 10.2. The molecule has 0 spiro atoms. The van der Waals surface area contributed by atoms with Crippen molar-refractivity contribution >= 4 is 23.5 Å². The maximum absolute atomic E-state index is 10.2. The third kappa shape index (κ3) is 2.43. The van der Waals surface area contributed by atoms with Crippen molar-refractivity contribution in [2.24, 2.45) is 0 Å². The van der Waals surface area contributed by atoms with E-state index >= 15 is 0 Å². The molecular weight excluding hydrogens is 186 g/mol. The molecule has 0 radical (unpaired) electrons. The molecule has 0 aliphatic carbocycles. The van der Waals surface area contributed by atoms with Gasteiger partial charge in [-0.25, -0.2) is 0 Å². The number of allylic oxidation sites excluding steroid dienone is 2. The van der Waals surface area contributed by atoms with Gasteiger partial charge in [-0.3, -0.25) is 4.79 Å². The van der Waals surface area contributed by atoms with Gasteiger partial charge in [0.25, 0.3) is 0 Å². The lowest BCUT2D eigenvalue weighted by Crippen LogP contribution is -1.81. The van der Waals surface area contributed by atoms with E-state index in [9.17, 15) is 4.79 Å². The summed E-state index contributed by atoms with van der Waals surface area (Å²) in [5, 5.41) is 9.27. The first kappa shape index (κ1) is 9.50. The van der Waals surface area contributed by atoms with Gasteiger partial charge < -0.3 is 0 Å². The molecule has 0 saturated heterocycles. The van der Waals surface area contributed by atoms with Gasteiger partial charge in [-0.2, -0.15) is 5.26 Å². The van der Waals surface area contributed by atoms with Crippen LogP contribution in [-0.4, -0.2) is 6.29 Å². The normalized spacial score (nSPS) is 10.6. The van der Waals surface area contributed by atoms with Gasteiger partial charge in [-0.05, 0) is 23.8 Å². The van der Waals surface area contributed by atoms with E-state index in [1.54, 1.807) is 24.3 Å². The van der Waals surface area contributed by atoms with E-state index in [1.165, 1.54) is 6.08 Å². The Balaban J connectivity index is 3.08. The first-order valence-electron chi connectivity index (χ1n) is 3.59. The van der Waals surface area contributed by atoms with E-state index < -0.39 is 0 Å². The van der Waals surface area contributed by atoms with Gasteiger partial charge in [0, 0.05) is 5.02 Å². The maximum Gasteiger partial charge on any atom is 0.144 e. The molecular formula is C10H6ClNO. The van der Waals surface area contributed by atoms with Gasteiger partial charge in [-0.1, -0.05) is 23.7 Å². The van der Waals surface area contributed by atoms with Crippen LogP contribution in [0.1, 0.15) is 5.56 Å². The lowest BCUT2D eigenvalue weighted by Gasteiger charge is -1.96. The van der Waals surface area contributed by atoms with Crippen LogP contribution in [0.5, 0.6) is 0 Å². The summed E-state index contributed by atoms with van der Waals surface area (Å²) in [6, 6.07) is 8.66. The molecule has 13 heavy (non-hydrogen) atoms. The summed E-state index contributed by atoms with van der Waals surface area (Å²) in [7, 11) is 0. The van der Waals surface area contributed by atoms with E-state index in [1.807, 2.05) is 6.07 Å². The van der Waals surface area contributed by atoms with Crippen LogP contribution >= 0.6 is 11.6 Å². The Morgan fingerprint density at radius 3 is 2.46 bits per heavy atom. The van der Waals surface area contributed by atoms with Gasteiger partial charge >= 0.3 is 0 Å². The number of hydrogen-bond donors (Lipinski definition) is 0. The second-order valence-electron chi connectivity index (χ2n) is 2.34. The summed E-state index contributed by atoms with van der Waals surface area (Å²) in [4.78, 5) is 10.2. The van der Waals surface area contributed by atoms with E-state index in [0.717, 1.165) is 0 Å².